The fourth-order valence-corrected chi connectivity index (χ4v) is 1.82. The Morgan fingerprint density at radius 3 is 2.89 bits per heavy atom. The summed E-state index contributed by atoms with van der Waals surface area (Å²) in [5.41, 5.74) is 0. The van der Waals surface area contributed by atoms with Crippen LogP contribution in [0, 0.1) is 0 Å². The first-order valence-corrected chi connectivity index (χ1v) is 6.12. The number of nitrogens with zero attached hydrogens (tertiary/aromatic N) is 1. The summed E-state index contributed by atoms with van der Waals surface area (Å²) >= 11 is 5.76. The molecule has 0 saturated heterocycles. The number of halogens is 1. The summed E-state index contributed by atoms with van der Waals surface area (Å²) in [6.45, 7) is 1.97. The number of aromatic nitrogens is 1. The smallest absolute Gasteiger partial charge is 0.132 e. The SMILES string of the molecule is C[C@@H](C[C@H](O)c1ccco1)Nc1ccc(Cl)cn1. The van der Waals surface area contributed by atoms with Gasteiger partial charge < -0.3 is 14.8 Å². The lowest BCUT2D eigenvalue weighted by atomic mass is 10.1. The van der Waals surface area contributed by atoms with Crippen molar-refractivity contribution in [2.24, 2.45) is 0 Å². The van der Waals surface area contributed by atoms with Crippen LogP contribution in [-0.2, 0) is 0 Å². The van der Waals surface area contributed by atoms with Crippen LogP contribution in [-0.4, -0.2) is 16.1 Å². The topological polar surface area (TPSA) is 58.3 Å². The van der Waals surface area contributed by atoms with Gasteiger partial charge in [0, 0.05) is 18.7 Å². The van der Waals surface area contributed by atoms with E-state index in [9.17, 15) is 5.11 Å². The molecule has 2 aromatic heterocycles. The van der Waals surface area contributed by atoms with E-state index in [2.05, 4.69) is 10.3 Å². The molecule has 0 bridgehead atoms. The van der Waals surface area contributed by atoms with Gasteiger partial charge in [-0.05, 0) is 31.2 Å². The molecule has 0 aliphatic rings. The maximum absolute atomic E-state index is 9.93. The summed E-state index contributed by atoms with van der Waals surface area (Å²) < 4.78 is 5.15. The zero-order chi connectivity index (χ0) is 13.0. The minimum atomic E-state index is -0.616. The third-order valence-corrected chi connectivity index (χ3v) is 2.79. The molecule has 0 fully saturated rings. The van der Waals surface area contributed by atoms with E-state index in [1.807, 2.05) is 6.92 Å². The van der Waals surface area contributed by atoms with E-state index >= 15 is 0 Å². The van der Waals surface area contributed by atoms with Crippen molar-refractivity contribution in [2.75, 3.05) is 5.32 Å². The first-order chi connectivity index (χ1) is 8.65. The number of hydrogen-bond acceptors (Lipinski definition) is 4. The summed E-state index contributed by atoms with van der Waals surface area (Å²) in [6.07, 6.45) is 3.06. The van der Waals surface area contributed by atoms with Crippen molar-refractivity contribution in [3.8, 4) is 0 Å². The van der Waals surface area contributed by atoms with E-state index in [0.717, 1.165) is 5.82 Å². The second kappa shape index (κ2) is 5.89. The quantitative estimate of drug-likeness (QED) is 0.872. The van der Waals surface area contributed by atoms with E-state index in [4.69, 9.17) is 16.0 Å². The van der Waals surface area contributed by atoms with Gasteiger partial charge in [-0.3, -0.25) is 0 Å². The van der Waals surface area contributed by atoms with Gasteiger partial charge in [-0.2, -0.15) is 0 Å². The summed E-state index contributed by atoms with van der Waals surface area (Å²) in [6, 6.07) is 7.17. The number of aliphatic hydroxyl groups excluding tert-OH is 1. The number of furan rings is 1. The van der Waals surface area contributed by atoms with Crippen LogP contribution >= 0.6 is 11.6 Å². The van der Waals surface area contributed by atoms with Crippen LogP contribution in [0.2, 0.25) is 5.02 Å². The lowest BCUT2D eigenvalue weighted by Crippen LogP contribution is -2.19. The molecule has 0 aliphatic heterocycles. The molecule has 2 heterocycles. The predicted octanol–water partition coefficient (Wildman–Crippen LogP) is 3.25. The minimum absolute atomic E-state index is 0.0683. The molecule has 18 heavy (non-hydrogen) atoms. The van der Waals surface area contributed by atoms with Crippen LogP contribution in [0.5, 0.6) is 0 Å². The predicted molar refractivity (Wildman–Crippen MR) is 70.6 cm³/mol. The van der Waals surface area contributed by atoms with Gasteiger partial charge in [-0.25, -0.2) is 4.98 Å². The van der Waals surface area contributed by atoms with Crippen molar-refractivity contribution in [3.05, 3.63) is 47.5 Å². The van der Waals surface area contributed by atoms with Gasteiger partial charge in [-0.15, -0.1) is 0 Å². The molecular weight excluding hydrogens is 252 g/mol. The molecule has 5 heteroatoms. The van der Waals surface area contributed by atoms with E-state index in [1.165, 1.54) is 0 Å². The Morgan fingerprint density at radius 1 is 1.44 bits per heavy atom. The summed E-state index contributed by atoms with van der Waals surface area (Å²) in [5.74, 6) is 1.31. The van der Waals surface area contributed by atoms with Gasteiger partial charge in [0.15, 0.2) is 0 Å². The second-order valence-corrected chi connectivity index (χ2v) is 4.61. The molecule has 0 aromatic carbocycles. The fourth-order valence-electron chi connectivity index (χ4n) is 1.70. The summed E-state index contributed by atoms with van der Waals surface area (Å²) in [5, 5.41) is 13.7. The highest BCUT2D eigenvalue weighted by Crippen LogP contribution is 2.20. The fraction of sp³-hybridized carbons (Fsp3) is 0.308. The van der Waals surface area contributed by atoms with Crippen molar-refractivity contribution in [1.82, 2.24) is 4.98 Å². The van der Waals surface area contributed by atoms with Crippen LogP contribution in [0.4, 0.5) is 5.82 Å². The van der Waals surface area contributed by atoms with Crippen LogP contribution in [0.1, 0.15) is 25.2 Å². The Kier molecular flexibility index (Phi) is 4.23. The van der Waals surface area contributed by atoms with Gasteiger partial charge in [0.25, 0.3) is 0 Å². The lowest BCUT2D eigenvalue weighted by molar-refractivity contribution is 0.136. The molecule has 0 unspecified atom stereocenters. The molecule has 0 aliphatic carbocycles. The van der Waals surface area contributed by atoms with E-state index < -0.39 is 6.10 Å². The molecule has 2 atom stereocenters. The van der Waals surface area contributed by atoms with Crippen LogP contribution in [0.25, 0.3) is 0 Å². The van der Waals surface area contributed by atoms with E-state index in [0.29, 0.717) is 17.2 Å². The van der Waals surface area contributed by atoms with Crippen molar-refractivity contribution in [2.45, 2.75) is 25.5 Å². The Bertz CT molecular complexity index is 470. The maximum Gasteiger partial charge on any atom is 0.132 e. The first-order valence-electron chi connectivity index (χ1n) is 5.74. The molecule has 4 nitrogen and oxygen atoms in total. The Morgan fingerprint density at radius 2 is 2.28 bits per heavy atom. The highest BCUT2D eigenvalue weighted by atomic mass is 35.5. The Hall–Kier alpha value is -1.52. The van der Waals surface area contributed by atoms with Crippen LogP contribution < -0.4 is 5.32 Å². The molecule has 2 aromatic rings. The molecule has 2 N–H and O–H groups in total. The zero-order valence-corrected chi connectivity index (χ0v) is 10.8. The summed E-state index contributed by atoms with van der Waals surface area (Å²) in [4.78, 5) is 4.14. The normalized spacial score (nSPS) is 14.2. The third-order valence-electron chi connectivity index (χ3n) is 2.57. The number of rotatable bonds is 5. The van der Waals surface area contributed by atoms with Gasteiger partial charge in [0.1, 0.15) is 17.7 Å². The minimum Gasteiger partial charge on any atom is -0.467 e. The first kappa shape index (κ1) is 12.9. The number of anilines is 1. The number of pyridine rings is 1. The lowest BCUT2D eigenvalue weighted by Gasteiger charge is -2.17. The molecule has 96 valence electrons. The summed E-state index contributed by atoms with van der Waals surface area (Å²) in [7, 11) is 0. The average Bonchev–Trinajstić information content (AvgIpc) is 2.85. The van der Waals surface area contributed by atoms with Gasteiger partial charge in [-0.1, -0.05) is 11.6 Å². The molecule has 0 spiro atoms. The number of hydrogen-bond donors (Lipinski definition) is 2. The zero-order valence-electron chi connectivity index (χ0n) is 10.0. The van der Waals surface area contributed by atoms with E-state index in [-0.39, 0.29) is 6.04 Å². The molecule has 0 radical (unpaired) electrons. The molecule has 2 rings (SSSR count). The maximum atomic E-state index is 9.93. The Balaban J connectivity index is 1.88. The second-order valence-electron chi connectivity index (χ2n) is 4.17. The third kappa shape index (κ3) is 3.48. The monoisotopic (exact) mass is 266 g/mol. The van der Waals surface area contributed by atoms with Crippen LogP contribution in [0.15, 0.2) is 41.1 Å². The highest BCUT2D eigenvalue weighted by molar-refractivity contribution is 6.30. The van der Waals surface area contributed by atoms with Crippen molar-refractivity contribution >= 4 is 17.4 Å². The largest absolute Gasteiger partial charge is 0.467 e. The molecular formula is C13H15ClN2O2. The number of nitrogens with one attached hydrogen (secondary N) is 1. The molecule has 0 saturated carbocycles. The number of aliphatic hydroxyl groups is 1. The molecule has 0 amide bonds. The van der Waals surface area contributed by atoms with Gasteiger partial charge in [0.05, 0.1) is 11.3 Å². The Labute approximate surface area is 111 Å². The van der Waals surface area contributed by atoms with Gasteiger partial charge >= 0.3 is 0 Å². The van der Waals surface area contributed by atoms with Crippen LogP contribution in [0.3, 0.4) is 0 Å². The highest BCUT2D eigenvalue weighted by Gasteiger charge is 2.14. The van der Waals surface area contributed by atoms with Crippen molar-refractivity contribution < 1.29 is 9.52 Å². The van der Waals surface area contributed by atoms with E-state index in [1.54, 1.807) is 36.7 Å². The van der Waals surface area contributed by atoms with Crippen molar-refractivity contribution in [3.63, 3.8) is 0 Å². The average molecular weight is 267 g/mol. The standard InChI is InChI=1S/C13H15ClN2O2/c1-9(7-11(17)12-3-2-6-18-12)16-13-5-4-10(14)8-15-13/h2-6,8-9,11,17H,7H2,1H3,(H,15,16)/t9-,11-/m0/s1. The van der Waals surface area contributed by atoms with Crippen molar-refractivity contribution in [1.29, 1.82) is 0 Å². The van der Waals surface area contributed by atoms with Gasteiger partial charge in [0.2, 0.25) is 0 Å².